The van der Waals surface area contributed by atoms with Crippen molar-refractivity contribution in [2.45, 2.75) is 6.42 Å². The number of anilines is 3. The topological polar surface area (TPSA) is 105 Å². The van der Waals surface area contributed by atoms with Crippen molar-refractivity contribution >= 4 is 38.9 Å². The summed E-state index contributed by atoms with van der Waals surface area (Å²) in [5.41, 5.74) is 0.576. The monoisotopic (exact) mass is 421 g/mol. The van der Waals surface area contributed by atoms with Gasteiger partial charge >= 0.3 is 0 Å². The first-order valence-corrected chi connectivity index (χ1v) is 10.6. The van der Waals surface area contributed by atoms with E-state index < -0.39 is 27.7 Å². The molecule has 2 aromatic rings. The summed E-state index contributed by atoms with van der Waals surface area (Å²) < 4.78 is 43.7. The molecule has 0 aromatic heterocycles. The van der Waals surface area contributed by atoms with E-state index in [4.69, 9.17) is 4.74 Å². The first-order valence-electron chi connectivity index (χ1n) is 8.69. The molecule has 2 amide bonds. The molecular formula is C19H20FN3O5S. The van der Waals surface area contributed by atoms with Crippen molar-refractivity contribution in [2.75, 3.05) is 34.8 Å². The molecule has 154 valence electrons. The molecule has 1 aliphatic rings. The highest BCUT2D eigenvalue weighted by Gasteiger charge is 2.35. The number of sulfonamides is 1. The van der Waals surface area contributed by atoms with Gasteiger partial charge in [-0.25, -0.2) is 12.8 Å². The largest absolute Gasteiger partial charge is 0.497 e. The highest BCUT2D eigenvalue weighted by Crippen LogP contribution is 2.29. The van der Waals surface area contributed by atoms with E-state index in [0.29, 0.717) is 11.4 Å². The average Bonchev–Trinajstić information content (AvgIpc) is 3.05. The summed E-state index contributed by atoms with van der Waals surface area (Å²) in [6.07, 6.45) is 0.924. The summed E-state index contributed by atoms with van der Waals surface area (Å²) in [6.45, 7) is 0.188. The molecule has 3 rings (SSSR count). The van der Waals surface area contributed by atoms with Gasteiger partial charge in [0.15, 0.2) is 0 Å². The number of ether oxygens (including phenoxy) is 1. The van der Waals surface area contributed by atoms with Crippen molar-refractivity contribution in [3.8, 4) is 5.75 Å². The summed E-state index contributed by atoms with van der Waals surface area (Å²) in [5, 5.41) is 2.61. The van der Waals surface area contributed by atoms with Gasteiger partial charge in [0.25, 0.3) is 0 Å². The molecular weight excluding hydrogens is 401 g/mol. The van der Waals surface area contributed by atoms with E-state index in [0.717, 1.165) is 12.3 Å². The van der Waals surface area contributed by atoms with Crippen LogP contribution in [0.15, 0.2) is 42.5 Å². The minimum atomic E-state index is -3.68. The van der Waals surface area contributed by atoms with Crippen molar-refractivity contribution in [2.24, 2.45) is 5.92 Å². The molecule has 1 saturated heterocycles. The normalized spacial score (nSPS) is 16.6. The Morgan fingerprint density at radius 2 is 2.00 bits per heavy atom. The van der Waals surface area contributed by atoms with E-state index in [1.54, 1.807) is 24.3 Å². The van der Waals surface area contributed by atoms with E-state index in [-0.39, 0.29) is 30.2 Å². The van der Waals surface area contributed by atoms with Gasteiger partial charge in [0.05, 0.1) is 25.0 Å². The Bertz CT molecular complexity index is 1060. The molecule has 0 saturated carbocycles. The van der Waals surface area contributed by atoms with Crippen LogP contribution in [-0.2, 0) is 19.6 Å². The quantitative estimate of drug-likeness (QED) is 0.744. The second-order valence-electron chi connectivity index (χ2n) is 6.66. The summed E-state index contributed by atoms with van der Waals surface area (Å²) in [6, 6.07) is 10.5. The number of carbonyl (C=O) groups is 2. The fourth-order valence-electron chi connectivity index (χ4n) is 3.04. The first kappa shape index (κ1) is 20.6. The van der Waals surface area contributed by atoms with E-state index in [2.05, 4.69) is 10.0 Å². The molecule has 0 aliphatic carbocycles. The predicted octanol–water partition coefficient (Wildman–Crippen LogP) is 2.20. The zero-order valence-electron chi connectivity index (χ0n) is 15.8. The maximum atomic E-state index is 13.8. The molecule has 2 N–H and O–H groups in total. The Labute approximate surface area is 167 Å². The molecule has 1 heterocycles. The van der Waals surface area contributed by atoms with Crippen molar-refractivity contribution in [1.29, 1.82) is 0 Å². The van der Waals surface area contributed by atoms with Crippen LogP contribution in [0.5, 0.6) is 5.75 Å². The number of rotatable bonds is 6. The van der Waals surface area contributed by atoms with Crippen LogP contribution in [-0.4, -0.2) is 40.1 Å². The zero-order chi connectivity index (χ0) is 21.2. The highest BCUT2D eigenvalue weighted by molar-refractivity contribution is 7.92. The first-order chi connectivity index (χ1) is 13.7. The van der Waals surface area contributed by atoms with Crippen LogP contribution in [0.25, 0.3) is 0 Å². The minimum absolute atomic E-state index is 0.0265. The number of hydrogen-bond acceptors (Lipinski definition) is 5. The Kier molecular flexibility index (Phi) is 5.73. The molecule has 1 fully saturated rings. The van der Waals surface area contributed by atoms with Gasteiger partial charge in [-0.2, -0.15) is 0 Å². The van der Waals surface area contributed by atoms with E-state index in [9.17, 15) is 22.4 Å². The van der Waals surface area contributed by atoms with Crippen molar-refractivity contribution < 1.29 is 27.1 Å². The fraction of sp³-hybridized carbons (Fsp3) is 0.263. The van der Waals surface area contributed by atoms with Gasteiger partial charge in [0.1, 0.15) is 11.6 Å². The van der Waals surface area contributed by atoms with Crippen LogP contribution in [0.3, 0.4) is 0 Å². The number of methoxy groups -OCH3 is 1. The van der Waals surface area contributed by atoms with Crippen LogP contribution >= 0.6 is 0 Å². The molecule has 29 heavy (non-hydrogen) atoms. The van der Waals surface area contributed by atoms with Gasteiger partial charge < -0.3 is 15.0 Å². The van der Waals surface area contributed by atoms with Gasteiger partial charge in [-0.1, -0.05) is 6.07 Å². The highest BCUT2D eigenvalue weighted by atomic mass is 32.2. The lowest BCUT2D eigenvalue weighted by atomic mass is 10.1. The summed E-state index contributed by atoms with van der Waals surface area (Å²) >= 11 is 0. The molecule has 0 spiro atoms. The van der Waals surface area contributed by atoms with Crippen LogP contribution in [0.1, 0.15) is 6.42 Å². The lowest BCUT2D eigenvalue weighted by Crippen LogP contribution is -2.28. The third kappa shape index (κ3) is 5.02. The zero-order valence-corrected chi connectivity index (χ0v) is 16.6. The van der Waals surface area contributed by atoms with Crippen molar-refractivity contribution in [3.63, 3.8) is 0 Å². The minimum Gasteiger partial charge on any atom is -0.497 e. The van der Waals surface area contributed by atoms with Crippen LogP contribution < -0.4 is 19.7 Å². The Morgan fingerprint density at radius 1 is 1.24 bits per heavy atom. The molecule has 1 unspecified atom stereocenters. The third-order valence-electron chi connectivity index (χ3n) is 4.39. The van der Waals surface area contributed by atoms with E-state index in [1.807, 2.05) is 0 Å². The molecule has 10 heteroatoms. The SMILES string of the molecule is COc1cccc(N2CC(C(=O)Nc3ccc(F)c(NS(C)(=O)=O)c3)CC2=O)c1. The molecule has 0 radical (unpaired) electrons. The number of benzene rings is 2. The number of hydrogen-bond donors (Lipinski definition) is 2. The van der Waals surface area contributed by atoms with Crippen LogP contribution in [0, 0.1) is 11.7 Å². The standard InChI is InChI=1S/C19H20FN3O5S/c1-28-15-5-3-4-14(10-15)23-11-12(8-18(23)24)19(25)21-13-6-7-16(20)17(9-13)22-29(2,26)27/h3-7,9-10,12,22H,8,11H2,1-2H3,(H,21,25). The third-order valence-corrected chi connectivity index (χ3v) is 4.98. The smallest absolute Gasteiger partial charge is 0.229 e. The van der Waals surface area contributed by atoms with E-state index >= 15 is 0 Å². The number of carbonyl (C=O) groups excluding carboxylic acids is 2. The fourth-order valence-corrected chi connectivity index (χ4v) is 3.59. The van der Waals surface area contributed by atoms with Crippen molar-refractivity contribution in [3.05, 3.63) is 48.3 Å². The maximum Gasteiger partial charge on any atom is 0.229 e. The number of nitrogens with one attached hydrogen (secondary N) is 2. The summed E-state index contributed by atoms with van der Waals surface area (Å²) in [7, 11) is -2.15. The molecule has 0 bridgehead atoms. The molecule has 1 aliphatic heterocycles. The van der Waals surface area contributed by atoms with Gasteiger partial charge in [0, 0.05) is 30.4 Å². The maximum absolute atomic E-state index is 13.8. The lowest BCUT2D eigenvalue weighted by molar-refractivity contribution is -0.122. The van der Waals surface area contributed by atoms with Gasteiger partial charge in [-0.15, -0.1) is 0 Å². The van der Waals surface area contributed by atoms with Crippen LogP contribution in [0.4, 0.5) is 21.5 Å². The Morgan fingerprint density at radius 3 is 2.69 bits per heavy atom. The Balaban J connectivity index is 1.72. The number of halogens is 1. The van der Waals surface area contributed by atoms with Crippen LogP contribution in [0.2, 0.25) is 0 Å². The lowest BCUT2D eigenvalue weighted by Gasteiger charge is -2.17. The van der Waals surface area contributed by atoms with Crippen molar-refractivity contribution in [1.82, 2.24) is 0 Å². The van der Waals surface area contributed by atoms with Gasteiger partial charge in [0.2, 0.25) is 21.8 Å². The van der Waals surface area contributed by atoms with E-state index in [1.165, 1.54) is 24.1 Å². The molecule has 1 atom stereocenters. The second-order valence-corrected chi connectivity index (χ2v) is 8.41. The molecule has 8 nitrogen and oxygen atoms in total. The number of nitrogens with zero attached hydrogens (tertiary/aromatic N) is 1. The van der Waals surface area contributed by atoms with Gasteiger partial charge in [-0.3, -0.25) is 14.3 Å². The Hall–Kier alpha value is -3.14. The second kappa shape index (κ2) is 8.08. The summed E-state index contributed by atoms with van der Waals surface area (Å²) in [4.78, 5) is 26.5. The van der Waals surface area contributed by atoms with Gasteiger partial charge in [-0.05, 0) is 30.3 Å². The average molecular weight is 421 g/mol. The molecule has 2 aromatic carbocycles. The predicted molar refractivity (Wildman–Crippen MR) is 107 cm³/mol. The number of amides is 2. The summed E-state index contributed by atoms with van der Waals surface area (Å²) in [5.74, 6) is -1.39.